The molecule has 0 saturated heterocycles. The minimum Gasteiger partial charge on any atom is -0.300 e. The van der Waals surface area contributed by atoms with Crippen molar-refractivity contribution in [2.24, 2.45) is 0 Å². The molecule has 6 heteroatoms. The first-order chi connectivity index (χ1) is 6.93. The van der Waals surface area contributed by atoms with Crippen LogP contribution in [0.15, 0.2) is 12.1 Å². The van der Waals surface area contributed by atoms with Crippen LogP contribution in [-0.4, -0.2) is 10.7 Å². The Bertz CT molecular complexity index is 432. The Hall–Kier alpha value is -1.85. The predicted molar refractivity (Wildman–Crippen MR) is 47.4 cm³/mol. The van der Waals surface area contributed by atoms with E-state index in [2.05, 4.69) is 0 Å². The average molecular weight is 215 g/mol. The lowest BCUT2D eigenvalue weighted by Gasteiger charge is -2.02. The third kappa shape index (κ3) is 2.34. The summed E-state index contributed by atoms with van der Waals surface area (Å²) in [6.07, 6.45) is -0.487. The number of nitrogens with zero attached hydrogens (tertiary/aromatic N) is 1. The normalized spacial score (nSPS) is 10.1. The van der Waals surface area contributed by atoms with Gasteiger partial charge in [-0.15, -0.1) is 0 Å². The van der Waals surface area contributed by atoms with Crippen LogP contribution in [0.4, 0.5) is 14.5 Å². The van der Waals surface area contributed by atoms with Gasteiger partial charge < -0.3 is 0 Å². The van der Waals surface area contributed by atoms with Crippen molar-refractivity contribution >= 4 is 11.5 Å². The molecule has 15 heavy (non-hydrogen) atoms. The number of rotatable bonds is 3. The maximum atomic E-state index is 13.3. The first-order valence-electron chi connectivity index (χ1n) is 4.04. The van der Waals surface area contributed by atoms with Gasteiger partial charge >= 0.3 is 5.69 Å². The second-order valence-corrected chi connectivity index (χ2v) is 2.99. The topological polar surface area (TPSA) is 60.2 Å². The van der Waals surface area contributed by atoms with Gasteiger partial charge in [-0.2, -0.15) is 4.39 Å². The molecular formula is C9H7F2NO3. The molecule has 4 nitrogen and oxygen atoms in total. The molecule has 1 aromatic carbocycles. The maximum Gasteiger partial charge on any atom is 0.305 e. The maximum absolute atomic E-state index is 13.3. The van der Waals surface area contributed by atoms with Crippen LogP contribution < -0.4 is 0 Å². The van der Waals surface area contributed by atoms with E-state index in [1.165, 1.54) is 0 Å². The number of halogens is 2. The Morgan fingerprint density at radius 3 is 2.53 bits per heavy atom. The predicted octanol–water partition coefficient (Wildman–Crippen LogP) is 2.00. The Kier molecular flexibility index (Phi) is 3.08. The lowest BCUT2D eigenvalue weighted by atomic mass is 10.1. The summed E-state index contributed by atoms with van der Waals surface area (Å²) in [4.78, 5) is 20.1. The molecule has 0 fully saturated rings. The number of benzene rings is 1. The van der Waals surface area contributed by atoms with Crippen molar-refractivity contribution in [3.63, 3.8) is 0 Å². The van der Waals surface area contributed by atoms with Crippen molar-refractivity contribution in [3.05, 3.63) is 39.4 Å². The molecule has 0 amide bonds. The first-order valence-corrected chi connectivity index (χ1v) is 4.04. The lowest BCUT2D eigenvalue weighted by Crippen LogP contribution is -2.05. The molecule has 0 bridgehead atoms. The highest BCUT2D eigenvalue weighted by Crippen LogP contribution is 2.23. The van der Waals surface area contributed by atoms with Crippen molar-refractivity contribution < 1.29 is 18.5 Å². The molecule has 0 aromatic heterocycles. The van der Waals surface area contributed by atoms with Crippen LogP contribution in [0.25, 0.3) is 0 Å². The van der Waals surface area contributed by atoms with Crippen LogP contribution in [0.1, 0.15) is 12.5 Å². The summed E-state index contributed by atoms with van der Waals surface area (Å²) in [5.74, 6) is -2.70. The monoisotopic (exact) mass is 215 g/mol. The lowest BCUT2D eigenvalue weighted by molar-refractivity contribution is -0.387. The molecule has 0 radical (unpaired) electrons. The van der Waals surface area contributed by atoms with Crippen molar-refractivity contribution in [2.75, 3.05) is 0 Å². The van der Waals surface area contributed by atoms with E-state index in [0.717, 1.165) is 19.1 Å². The smallest absolute Gasteiger partial charge is 0.300 e. The molecule has 0 saturated carbocycles. The SMILES string of the molecule is CC(=O)Cc1c(F)ccc([N+](=O)[O-])c1F. The quantitative estimate of drug-likeness (QED) is 0.572. The van der Waals surface area contributed by atoms with Crippen LogP contribution in [0.2, 0.25) is 0 Å². The second-order valence-electron chi connectivity index (χ2n) is 2.99. The molecule has 1 rings (SSSR count). The van der Waals surface area contributed by atoms with Crippen molar-refractivity contribution in [1.29, 1.82) is 0 Å². The van der Waals surface area contributed by atoms with Gasteiger partial charge in [-0.05, 0) is 13.0 Å². The van der Waals surface area contributed by atoms with E-state index < -0.39 is 40.0 Å². The molecule has 1 aromatic rings. The highest BCUT2D eigenvalue weighted by molar-refractivity contribution is 5.78. The zero-order valence-electron chi connectivity index (χ0n) is 7.79. The number of carbonyl (C=O) groups is 1. The average Bonchev–Trinajstić information content (AvgIpc) is 2.11. The number of hydrogen-bond donors (Lipinski definition) is 0. The van der Waals surface area contributed by atoms with Gasteiger partial charge in [0.2, 0.25) is 5.82 Å². The number of ketones is 1. The molecule has 80 valence electrons. The van der Waals surface area contributed by atoms with Crippen LogP contribution in [0.5, 0.6) is 0 Å². The fourth-order valence-corrected chi connectivity index (χ4v) is 1.14. The fourth-order valence-electron chi connectivity index (χ4n) is 1.14. The fraction of sp³-hybridized carbons (Fsp3) is 0.222. The first kappa shape index (κ1) is 11.2. The minimum atomic E-state index is -1.28. The summed E-state index contributed by atoms with van der Waals surface area (Å²) in [5, 5.41) is 10.3. The molecule has 0 aliphatic rings. The van der Waals surface area contributed by atoms with E-state index in [1.807, 2.05) is 0 Å². The van der Waals surface area contributed by atoms with Crippen LogP contribution >= 0.6 is 0 Å². The number of carbonyl (C=O) groups excluding carboxylic acids is 1. The van der Waals surface area contributed by atoms with Crippen molar-refractivity contribution in [3.8, 4) is 0 Å². The number of nitro benzene ring substituents is 1. The number of nitro groups is 1. The minimum absolute atomic E-state index is 0.465. The van der Waals surface area contributed by atoms with Crippen LogP contribution in [-0.2, 0) is 11.2 Å². The highest BCUT2D eigenvalue weighted by atomic mass is 19.1. The van der Waals surface area contributed by atoms with Gasteiger partial charge in [-0.3, -0.25) is 14.9 Å². The summed E-state index contributed by atoms with van der Waals surface area (Å²) in [6.45, 7) is 1.15. The van der Waals surface area contributed by atoms with E-state index in [0.29, 0.717) is 0 Å². The van der Waals surface area contributed by atoms with Gasteiger partial charge in [0, 0.05) is 18.1 Å². The van der Waals surface area contributed by atoms with Crippen LogP contribution in [0.3, 0.4) is 0 Å². The van der Waals surface area contributed by atoms with Gasteiger partial charge in [0.15, 0.2) is 0 Å². The zero-order valence-corrected chi connectivity index (χ0v) is 7.79. The molecular weight excluding hydrogens is 208 g/mol. The molecule has 0 atom stereocenters. The van der Waals surface area contributed by atoms with Gasteiger partial charge in [-0.25, -0.2) is 4.39 Å². The van der Waals surface area contributed by atoms with Gasteiger partial charge in [0.05, 0.1) is 4.92 Å². The molecule has 0 aliphatic carbocycles. The van der Waals surface area contributed by atoms with E-state index in [-0.39, 0.29) is 0 Å². The summed E-state index contributed by atoms with van der Waals surface area (Å²) < 4.78 is 26.3. The molecule has 0 heterocycles. The summed E-state index contributed by atoms with van der Waals surface area (Å²) >= 11 is 0. The van der Waals surface area contributed by atoms with Crippen LogP contribution in [0, 0.1) is 21.7 Å². The molecule has 0 unspecified atom stereocenters. The zero-order chi connectivity index (χ0) is 11.6. The van der Waals surface area contributed by atoms with E-state index in [4.69, 9.17) is 0 Å². The third-order valence-corrected chi connectivity index (χ3v) is 1.79. The third-order valence-electron chi connectivity index (χ3n) is 1.79. The molecule has 0 spiro atoms. The van der Waals surface area contributed by atoms with Gasteiger partial charge in [0.25, 0.3) is 0 Å². The number of hydrogen-bond acceptors (Lipinski definition) is 3. The Balaban J connectivity index is 3.29. The van der Waals surface area contributed by atoms with Gasteiger partial charge in [-0.1, -0.05) is 0 Å². The van der Waals surface area contributed by atoms with E-state index in [1.54, 1.807) is 0 Å². The Morgan fingerprint density at radius 1 is 1.47 bits per heavy atom. The van der Waals surface area contributed by atoms with E-state index >= 15 is 0 Å². The molecule has 0 aliphatic heterocycles. The standard InChI is InChI=1S/C9H7F2NO3/c1-5(13)4-6-7(10)2-3-8(9(6)11)12(14)15/h2-3H,4H2,1H3. The van der Waals surface area contributed by atoms with E-state index in [9.17, 15) is 23.7 Å². The highest BCUT2D eigenvalue weighted by Gasteiger charge is 2.21. The summed E-state index contributed by atoms with van der Waals surface area (Å²) in [6, 6.07) is 1.51. The summed E-state index contributed by atoms with van der Waals surface area (Å²) in [5.41, 5.74) is -1.38. The summed E-state index contributed by atoms with van der Waals surface area (Å²) in [7, 11) is 0. The van der Waals surface area contributed by atoms with Crippen molar-refractivity contribution in [2.45, 2.75) is 13.3 Å². The number of Topliss-reactive ketones (excluding diaryl/α,β-unsaturated/α-hetero) is 1. The Labute approximate surface area is 83.7 Å². The Morgan fingerprint density at radius 2 is 2.07 bits per heavy atom. The van der Waals surface area contributed by atoms with Gasteiger partial charge in [0.1, 0.15) is 11.6 Å². The largest absolute Gasteiger partial charge is 0.305 e. The van der Waals surface area contributed by atoms with Crippen molar-refractivity contribution in [1.82, 2.24) is 0 Å². The second kappa shape index (κ2) is 4.12. The molecule has 0 N–H and O–H groups in total.